The van der Waals surface area contributed by atoms with E-state index in [1.165, 1.54) is 0 Å². The zero-order valence-electron chi connectivity index (χ0n) is 15.8. The number of ether oxygens (including phenoxy) is 2. The molecule has 1 amide bonds. The van der Waals surface area contributed by atoms with Crippen LogP contribution in [0.4, 0.5) is 5.69 Å². The van der Waals surface area contributed by atoms with Crippen LogP contribution in [0.1, 0.15) is 24.0 Å². The topological polar surface area (TPSA) is 68.2 Å². The smallest absolute Gasteiger partial charge is 0.363 e. The largest absolute Gasteiger partial charge is 0.490 e. The number of esters is 1. The van der Waals surface area contributed by atoms with Crippen molar-refractivity contribution in [2.75, 3.05) is 18.1 Å². The molecule has 2 aromatic carbocycles. The quantitative estimate of drug-likeness (QED) is 0.430. The van der Waals surface area contributed by atoms with E-state index < -0.39 is 5.97 Å². The summed E-state index contributed by atoms with van der Waals surface area (Å²) in [6.07, 6.45) is 4.78. The fraction of sp³-hybridized carbons (Fsp3) is 0.174. The number of anilines is 1. The van der Waals surface area contributed by atoms with E-state index >= 15 is 0 Å². The van der Waals surface area contributed by atoms with Gasteiger partial charge in [-0.3, -0.25) is 4.79 Å². The molecule has 0 aromatic heterocycles. The molecule has 29 heavy (non-hydrogen) atoms. The lowest BCUT2D eigenvalue weighted by molar-refractivity contribution is -0.130. The summed E-state index contributed by atoms with van der Waals surface area (Å²) in [6, 6.07) is 14.6. The molecule has 0 unspecified atom stereocenters. The van der Waals surface area contributed by atoms with E-state index in [0.29, 0.717) is 24.3 Å². The molecule has 0 N–H and O–H groups in total. The molecule has 2 aliphatic heterocycles. The van der Waals surface area contributed by atoms with Gasteiger partial charge in [0, 0.05) is 24.2 Å². The SMILES string of the molecule is C=CCOc1cccc(/C=C2\N=C(c3ccc(N4CCCC4=O)cc3)OC2=O)c1. The molecule has 0 saturated carbocycles. The zero-order chi connectivity index (χ0) is 20.2. The van der Waals surface area contributed by atoms with Crippen molar-refractivity contribution >= 4 is 29.5 Å². The van der Waals surface area contributed by atoms with Crippen molar-refractivity contribution in [1.29, 1.82) is 0 Å². The van der Waals surface area contributed by atoms with Crippen LogP contribution in [0.2, 0.25) is 0 Å². The van der Waals surface area contributed by atoms with Crippen molar-refractivity contribution in [3.63, 3.8) is 0 Å². The Balaban J connectivity index is 1.53. The van der Waals surface area contributed by atoms with Crippen LogP contribution in [0.5, 0.6) is 5.75 Å². The standard InChI is InChI=1S/C23H20N2O4/c1-2-13-28-19-6-3-5-16(14-19)15-20-23(27)29-22(24-20)17-8-10-18(11-9-17)25-12-4-7-21(25)26/h2-3,5-6,8-11,14-15H,1,4,7,12-13H2/b20-15-. The summed E-state index contributed by atoms with van der Waals surface area (Å²) in [5.74, 6) is 0.560. The van der Waals surface area contributed by atoms with Crippen LogP contribution in [0.15, 0.2) is 71.9 Å². The first kappa shape index (κ1) is 18.7. The summed E-state index contributed by atoms with van der Waals surface area (Å²) in [5, 5.41) is 0. The predicted molar refractivity (Wildman–Crippen MR) is 111 cm³/mol. The van der Waals surface area contributed by atoms with Gasteiger partial charge in [-0.25, -0.2) is 9.79 Å². The average molecular weight is 388 g/mol. The van der Waals surface area contributed by atoms with Gasteiger partial charge in [0.1, 0.15) is 12.4 Å². The van der Waals surface area contributed by atoms with Gasteiger partial charge in [-0.15, -0.1) is 0 Å². The molecule has 1 fully saturated rings. The van der Waals surface area contributed by atoms with Gasteiger partial charge in [-0.2, -0.15) is 0 Å². The number of rotatable bonds is 6. The van der Waals surface area contributed by atoms with Crippen LogP contribution in [0.3, 0.4) is 0 Å². The van der Waals surface area contributed by atoms with E-state index in [1.807, 2.05) is 36.4 Å². The van der Waals surface area contributed by atoms with Crippen molar-refractivity contribution in [3.8, 4) is 5.75 Å². The number of cyclic esters (lactones) is 1. The van der Waals surface area contributed by atoms with E-state index in [4.69, 9.17) is 9.47 Å². The average Bonchev–Trinajstić information content (AvgIpc) is 3.32. The molecule has 6 heteroatoms. The Labute approximate surface area is 168 Å². The maximum absolute atomic E-state index is 12.2. The summed E-state index contributed by atoms with van der Waals surface area (Å²) < 4.78 is 10.8. The number of amides is 1. The van der Waals surface area contributed by atoms with Gasteiger partial charge in [-0.05, 0) is 54.5 Å². The first-order valence-corrected chi connectivity index (χ1v) is 9.41. The second-order valence-electron chi connectivity index (χ2n) is 6.70. The minimum absolute atomic E-state index is 0.131. The zero-order valence-corrected chi connectivity index (χ0v) is 15.8. The van der Waals surface area contributed by atoms with Crippen molar-refractivity contribution in [2.24, 2.45) is 4.99 Å². The van der Waals surface area contributed by atoms with Gasteiger partial charge < -0.3 is 14.4 Å². The van der Waals surface area contributed by atoms with Gasteiger partial charge >= 0.3 is 5.97 Å². The predicted octanol–water partition coefficient (Wildman–Crippen LogP) is 3.72. The van der Waals surface area contributed by atoms with Crippen LogP contribution < -0.4 is 9.64 Å². The summed E-state index contributed by atoms with van der Waals surface area (Å²) in [6.45, 7) is 4.76. The van der Waals surface area contributed by atoms with Crippen molar-refractivity contribution in [2.45, 2.75) is 12.8 Å². The minimum atomic E-state index is -0.504. The van der Waals surface area contributed by atoms with Crippen LogP contribution in [-0.4, -0.2) is 30.9 Å². The van der Waals surface area contributed by atoms with E-state index in [1.54, 1.807) is 29.2 Å². The molecule has 1 saturated heterocycles. The van der Waals surface area contributed by atoms with Crippen molar-refractivity contribution < 1.29 is 19.1 Å². The maximum Gasteiger partial charge on any atom is 0.363 e. The lowest BCUT2D eigenvalue weighted by atomic mass is 10.2. The Morgan fingerprint density at radius 3 is 2.72 bits per heavy atom. The Bertz CT molecular complexity index is 1020. The third-order valence-electron chi connectivity index (χ3n) is 4.65. The highest BCUT2D eigenvalue weighted by Gasteiger charge is 2.25. The highest BCUT2D eigenvalue weighted by molar-refractivity contribution is 6.13. The summed E-state index contributed by atoms with van der Waals surface area (Å²) in [7, 11) is 0. The highest BCUT2D eigenvalue weighted by atomic mass is 16.6. The van der Waals surface area contributed by atoms with Crippen LogP contribution in [-0.2, 0) is 14.3 Å². The number of hydrogen-bond acceptors (Lipinski definition) is 5. The highest BCUT2D eigenvalue weighted by Crippen LogP contribution is 2.25. The number of benzene rings is 2. The lowest BCUT2D eigenvalue weighted by Gasteiger charge is -2.15. The molecule has 0 spiro atoms. The molecule has 2 heterocycles. The van der Waals surface area contributed by atoms with Crippen molar-refractivity contribution in [3.05, 3.63) is 78.0 Å². The number of hydrogen-bond donors (Lipinski definition) is 0. The Hall–Kier alpha value is -3.67. The van der Waals surface area contributed by atoms with E-state index in [2.05, 4.69) is 11.6 Å². The van der Waals surface area contributed by atoms with E-state index in [9.17, 15) is 9.59 Å². The summed E-state index contributed by atoms with van der Waals surface area (Å²) >= 11 is 0. The molecular weight excluding hydrogens is 368 g/mol. The number of aliphatic imine (C=N–C) groups is 1. The fourth-order valence-corrected chi connectivity index (χ4v) is 3.24. The second-order valence-corrected chi connectivity index (χ2v) is 6.70. The molecule has 2 aliphatic rings. The lowest BCUT2D eigenvalue weighted by Crippen LogP contribution is -2.23. The number of nitrogens with zero attached hydrogens (tertiary/aromatic N) is 2. The fourth-order valence-electron chi connectivity index (χ4n) is 3.24. The van der Waals surface area contributed by atoms with Gasteiger partial charge in [0.05, 0.1) is 0 Å². The second kappa shape index (κ2) is 8.14. The Kier molecular flexibility index (Phi) is 5.24. The molecular formula is C23H20N2O4. The van der Waals surface area contributed by atoms with Gasteiger partial charge in [0.15, 0.2) is 5.70 Å². The van der Waals surface area contributed by atoms with Crippen molar-refractivity contribution in [1.82, 2.24) is 0 Å². The van der Waals surface area contributed by atoms with Gasteiger partial charge in [0.2, 0.25) is 11.8 Å². The molecule has 2 aromatic rings. The Morgan fingerprint density at radius 2 is 2.00 bits per heavy atom. The van der Waals surface area contributed by atoms with E-state index in [-0.39, 0.29) is 17.5 Å². The first-order chi connectivity index (χ1) is 14.1. The molecule has 146 valence electrons. The number of carbonyl (C=O) groups is 2. The minimum Gasteiger partial charge on any atom is -0.490 e. The third-order valence-corrected chi connectivity index (χ3v) is 4.65. The normalized spacial score (nSPS) is 17.4. The molecule has 0 bridgehead atoms. The van der Waals surface area contributed by atoms with Gasteiger partial charge in [-0.1, -0.05) is 24.8 Å². The van der Waals surface area contributed by atoms with Gasteiger partial charge in [0.25, 0.3) is 0 Å². The van der Waals surface area contributed by atoms with E-state index in [0.717, 1.165) is 24.2 Å². The monoisotopic (exact) mass is 388 g/mol. The molecule has 0 aliphatic carbocycles. The first-order valence-electron chi connectivity index (χ1n) is 9.41. The molecule has 0 atom stereocenters. The van der Waals surface area contributed by atoms with Crippen LogP contribution in [0, 0.1) is 0 Å². The molecule has 0 radical (unpaired) electrons. The van der Waals surface area contributed by atoms with Crippen LogP contribution in [0.25, 0.3) is 6.08 Å². The molecule has 6 nitrogen and oxygen atoms in total. The maximum atomic E-state index is 12.2. The molecule has 4 rings (SSSR count). The number of carbonyl (C=O) groups excluding carboxylic acids is 2. The van der Waals surface area contributed by atoms with Crippen LogP contribution >= 0.6 is 0 Å². The summed E-state index contributed by atoms with van der Waals surface area (Å²) in [5.41, 5.74) is 2.53. The third kappa shape index (κ3) is 4.11. The Morgan fingerprint density at radius 1 is 1.17 bits per heavy atom. The summed E-state index contributed by atoms with van der Waals surface area (Å²) in [4.78, 5) is 30.2.